The van der Waals surface area contributed by atoms with E-state index in [2.05, 4.69) is 6.58 Å². The van der Waals surface area contributed by atoms with E-state index in [-0.39, 0.29) is 0 Å². The lowest BCUT2D eigenvalue weighted by atomic mass is 10.2. The summed E-state index contributed by atoms with van der Waals surface area (Å²) in [7, 11) is 0. The Morgan fingerprint density at radius 3 is 2.60 bits per heavy atom. The molecule has 15 heavy (non-hydrogen) atoms. The van der Waals surface area contributed by atoms with Gasteiger partial charge in [-0.15, -0.1) is 0 Å². The molecule has 2 nitrogen and oxygen atoms in total. The standard InChI is InChI=1S/C13H12O2/c1-2-11-5-7-12(8-6-11)15-10-13-4-3-9-14-13/h2-9H,1,10H2. The predicted molar refractivity (Wildman–Crippen MR) is 59.6 cm³/mol. The lowest BCUT2D eigenvalue weighted by molar-refractivity contribution is 0.270. The first kappa shape index (κ1) is 9.59. The van der Waals surface area contributed by atoms with Crippen molar-refractivity contribution in [3.05, 3.63) is 60.6 Å². The van der Waals surface area contributed by atoms with Crippen LogP contribution in [0.3, 0.4) is 0 Å². The lowest BCUT2D eigenvalue weighted by Crippen LogP contribution is -1.93. The molecule has 2 aromatic rings. The topological polar surface area (TPSA) is 22.4 Å². The Labute approximate surface area is 88.8 Å². The third-order valence-electron chi connectivity index (χ3n) is 2.08. The van der Waals surface area contributed by atoms with E-state index >= 15 is 0 Å². The molecule has 0 unspecified atom stereocenters. The first-order valence-corrected chi connectivity index (χ1v) is 4.76. The summed E-state index contributed by atoms with van der Waals surface area (Å²) in [4.78, 5) is 0. The van der Waals surface area contributed by atoms with Crippen LogP contribution < -0.4 is 4.74 Å². The minimum Gasteiger partial charge on any atom is -0.486 e. The molecular formula is C13H12O2. The van der Waals surface area contributed by atoms with E-state index < -0.39 is 0 Å². The van der Waals surface area contributed by atoms with E-state index in [9.17, 15) is 0 Å². The number of hydrogen-bond donors (Lipinski definition) is 0. The normalized spacial score (nSPS) is 9.87. The van der Waals surface area contributed by atoms with Gasteiger partial charge in [-0.2, -0.15) is 0 Å². The van der Waals surface area contributed by atoms with Gasteiger partial charge in [-0.05, 0) is 29.8 Å². The SMILES string of the molecule is C=Cc1ccc(OCc2ccco2)cc1. The Kier molecular flexibility index (Phi) is 2.88. The van der Waals surface area contributed by atoms with Gasteiger partial charge in [-0.25, -0.2) is 0 Å². The minimum atomic E-state index is 0.459. The average Bonchev–Trinajstić information content (AvgIpc) is 2.80. The van der Waals surface area contributed by atoms with Crippen molar-refractivity contribution in [2.45, 2.75) is 6.61 Å². The van der Waals surface area contributed by atoms with Crippen LogP contribution in [-0.4, -0.2) is 0 Å². The molecule has 0 aliphatic heterocycles. The number of ether oxygens (including phenoxy) is 1. The summed E-state index contributed by atoms with van der Waals surface area (Å²) in [5.41, 5.74) is 1.08. The zero-order valence-electron chi connectivity index (χ0n) is 8.35. The molecule has 0 fully saturated rings. The van der Waals surface area contributed by atoms with Crippen molar-refractivity contribution >= 4 is 6.08 Å². The van der Waals surface area contributed by atoms with Gasteiger partial charge in [0.1, 0.15) is 18.1 Å². The molecule has 2 rings (SSSR count). The summed E-state index contributed by atoms with van der Waals surface area (Å²) in [6, 6.07) is 11.5. The minimum absolute atomic E-state index is 0.459. The number of furan rings is 1. The van der Waals surface area contributed by atoms with Gasteiger partial charge in [0.15, 0.2) is 0 Å². The van der Waals surface area contributed by atoms with Crippen molar-refractivity contribution in [1.82, 2.24) is 0 Å². The van der Waals surface area contributed by atoms with Crippen molar-refractivity contribution in [1.29, 1.82) is 0 Å². The average molecular weight is 200 g/mol. The monoisotopic (exact) mass is 200 g/mol. The zero-order chi connectivity index (χ0) is 10.5. The van der Waals surface area contributed by atoms with Crippen LogP contribution in [0.4, 0.5) is 0 Å². The second-order valence-corrected chi connectivity index (χ2v) is 3.14. The smallest absolute Gasteiger partial charge is 0.146 e. The lowest BCUT2D eigenvalue weighted by Gasteiger charge is -2.03. The van der Waals surface area contributed by atoms with Gasteiger partial charge in [-0.3, -0.25) is 0 Å². The summed E-state index contributed by atoms with van der Waals surface area (Å²) < 4.78 is 10.7. The fraction of sp³-hybridized carbons (Fsp3) is 0.0769. The Morgan fingerprint density at radius 1 is 1.20 bits per heavy atom. The van der Waals surface area contributed by atoms with Crippen LogP contribution >= 0.6 is 0 Å². The summed E-state index contributed by atoms with van der Waals surface area (Å²) in [5.74, 6) is 1.65. The summed E-state index contributed by atoms with van der Waals surface area (Å²) >= 11 is 0. The third-order valence-corrected chi connectivity index (χ3v) is 2.08. The highest BCUT2D eigenvalue weighted by atomic mass is 16.5. The molecule has 76 valence electrons. The van der Waals surface area contributed by atoms with Crippen LogP contribution in [0, 0.1) is 0 Å². The van der Waals surface area contributed by atoms with Crippen molar-refractivity contribution < 1.29 is 9.15 Å². The van der Waals surface area contributed by atoms with Gasteiger partial charge < -0.3 is 9.15 Å². The molecule has 0 amide bonds. The van der Waals surface area contributed by atoms with Crippen molar-refractivity contribution in [2.24, 2.45) is 0 Å². The van der Waals surface area contributed by atoms with Crippen LogP contribution in [0.15, 0.2) is 53.7 Å². The fourth-order valence-electron chi connectivity index (χ4n) is 1.25. The van der Waals surface area contributed by atoms with Crippen molar-refractivity contribution in [2.75, 3.05) is 0 Å². The highest BCUT2D eigenvalue weighted by molar-refractivity contribution is 5.48. The van der Waals surface area contributed by atoms with Crippen molar-refractivity contribution in [3.63, 3.8) is 0 Å². The third kappa shape index (κ3) is 2.50. The predicted octanol–water partition coefficient (Wildman–Crippen LogP) is 3.50. The Hall–Kier alpha value is -1.96. The molecule has 0 N–H and O–H groups in total. The molecule has 0 aliphatic carbocycles. The molecule has 2 heteroatoms. The van der Waals surface area contributed by atoms with Crippen LogP contribution in [0.5, 0.6) is 5.75 Å². The van der Waals surface area contributed by atoms with E-state index in [1.54, 1.807) is 12.3 Å². The van der Waals surface area contributed by atoms with Gasteiger partial charge in [0.2, 0.25) is 0 Å². The van der Waals surface area contributed by atoms with E-state index in [0.29, 0.717) is 6.61 Å². The first-order chi connectivity index (χ1) is 7.38. The molecule has 1 heterocycles. The van der Waals surface area contributed by atoms with Gasteiger partial charge in [0.05, 0.1) is 6.26 Å². The Balaban J connectivity index is 1.96. The van der Waals surface area contributed by atoms with E-state index in [0.717, 1.165) is 17.1 Å². The highest BCUT2D eigenvalue weighted by Gasteiger charge is 1.97. The van der Waals surface area contributed by atoms with Gasteiger partial charge >= 0.3 is 0 Å². The van der Waals surface area contributed by atoms with E-state index in [1.807, 2.05) is 36.4 Å². The summed E-state index contributed by atoms with van der Waals surface area (Å²) in [6.07, 6.45) is 3.44. The van der Waals surface area contributed by atoms with E-state index in [1.165, 1.54) is 0 Å². The van der Waals surface area contributed by atoms with Crippen LogP contribution in [-0.2, 0) is 6.61 Å². The summed E-state index contributed by atoms with van der Waals surface area (Å²) in [6.45, 7) is 4.15. The van der Waals surface area contributed by atoms with Gasteiger partial charge in [0, 0.05) is 0 Å². The van der Waals surface area contributed by atoms with Crippen LogP contribution in [0.1, 0.15) is 11.3 Å². The quantitative estimate of drug-likeness (QED) is 0.753. The second-order valence-electron chi connectivity index (χ2n) is 3.14. The Bertz CT molecular complexity index is 412. The van der Waals surface area contributed by atoms with Crippen molar-refractivity contribution in [3.8, 4) is 5.75 Å². The number of hydrogen-bond acceptors (Lipinski definition) is 2. The maximum absolute atomic E-state index is 5.52. The second kappa shape index (κ2) is 4.51. The maximum atomic E-state index is 5.52. The molecule has 1 aromatic carbocycles. The van der Waals surface area contributed by atoms with Crippen LogP contribution in [0.2, 0.25) is 0 Å². The maximum Gasteiger partial charge on any atom is 0.146 e. The molecule has 0 atom stereocenters. The summed E-state index contributed by atoms with van der Waals surface area (Å²) in [5, 5.41) is 0. The molecule has 0 saturated carbocycles. The van der Waals surface area contributed by atoms with Gasteiger partial charge in [-0.1, -0.05) is 24.8 Å². The fourth-order valence-corrected chi connectivity index (χ4v) is 1.25. The molecular weight excluding hydrogens is 188 g/mol. The molecule has 0 saturated heterocycles. The van der Waals surface area contributed by atoms with E-state index in [4.69, 9.17) is 9.15 Å². The van der Waals surface area contributed by atoms with Gasteiger partial charge in [0.25, 0.3) is 0 Å². The number of benzene rings is 1. The molecule has 0 spiro atoms. The molecule has 0 bridgehead atoms. The van der Waals surface area contributed by atoms with Crippen LogP contribution in [0.25, 0.3) is 6.08 Å². The first-order valence-electron chi connectivity index (χ1n) is 4.76. The zero-order valence-corrected chi connectivity index (χ0v) is 8.35. The molecule has 0 aliphatic rings. The highest BCUT2D eigenvalue weighted by Crippen LogP contribution is 2.14. The molecule has 1 aromatic heterocycles. The Morgan fingerprint density at radius 2 is 2.00 bits per heavy atom. The largest absolute Gasteiger partial charge is 0.486 e. The number of rotatable bonds is 4. The molecule has 0 radical (unpaired) electrons.